The number of likely N-dealkylation sites (N-methyl/N-ethyl adjacent to an activating group) is 1. The highest BCUT2D eigenvalue weighted by atomic mass is 16.3. The predicted molar refractivity (Wildman–Crippen MR) is 101 cm³/mol. The number of furan rings is 1. The van der Waals surface area contributed by atoms with Crippen LogP contribution in [0.15, 0.2) is 41.0 Å². The van der Waals surface area contributed by atoms with E-state index in [0.717, 1.165) is 49.7 Å². The van der Waals surface area contributed by atoms with E-state index in [0.29, 0.717) is 12.8 Å². The minimum atomic E-state index is 0.0174. The first-order valence-electron chi connectivity index (χ1n) is 9.06. The Morgan fingerprint density at radius 2 is 2.00 bits per heavy atom. The topological polar surface area (TPSA) is 48.7 Å². The summed E-state index contributed by atoms with van der Waals surface area (Å²) in [5.74, 6) is 0.859. The first-order valence-corrected chi connectivity index (χ1v) is 9.06. The lowest BCUT2D eigenvalue weighted by molar-refractivity contribution is -0.116. The average molecular weight is 341 g/mol. The highest BCUT2D eigenvalue weighted by Gasteiger charge is 2.16. The van der Waals surface area contributed by atoms with Crippen LogP contribution in [-0.2, 0) is 11.2 Å². The molecule has 1 saturated heterocycles. The van der Waals surface area contributed by atoms with E-state index in [-0.39, 0.29) is 5.91 Å². The summed E-state index contributed by atoms with van der Waals surface area (Å²) in [5.41, 5.74) is 3.23. The Balaban J connectivity index is 1.55. The van der Waals surface area contributed by atoms with Gasteiger partial charge in [0.15, 0.2) is 0 Å². The Morgan fingerprint density at radius 3 is 2.64 bits per heavy atom. The first kappa shape index (κ1) is 17.5. The normalized spacial score (nSPS) is 15.4. The summed E-state index contributed by atoms with van der Waals surface area (Å²) in [6.45, 7) is 9.72. The summed E-state index contributed by atoms with van der Waals surface area (Å²) in [6, 6.07) is 10.0. The second kappa shape index (κ2) is 8.21. The van der Waals surface area contributed by atoms with E-state index >= 15 is 0 Å². The number of rotatable bonds is 6. The van der Waals surface area contributed by atoms with Crippen molar-refractivity contribution in [2.75, 3.05) is 42.9 Å². The van der Waals surface area contributed by atoms with Gasteiger partial charge in [-0.05, 0) is 49.4 Å². The summed E-state index contributed by atoms with van der Waals surface area (Å²) in [7, 11) is 0. The standard InChI is InChI=1S/C20H27N3O2/c1-3-22-10-12-23(13-11-22)17-6-8-19(16(2)15-17)21-20(24)9-7-18-5-4-14-25-18/h4-6,8,14-15H,3,7,9-13H2,1-2H3,(H,21,24). The molecule has 3 rings (SSSR count). The van der Waals surface area contributed by atoms with Crippen molar-refractivity contribution in [3.63, 3.8) is 0 Å². The Hall–Kier alpha value is -2.27. The van der Waals surface area contributed by atoms with Gasteiger partial charge in [0.2, 0.25) is 5.91 Å². The third-order valence-electron chi connectivity index (χ3n) is 4.85. The van der Waals surface area contributed by atoms with Crippen LogP contribution in [0, 0.1) is 6.92 Å². The number of amides is 1. The molecule has 5 heteroatoms. The molecular weight excluding hydrogens is 314 g/mol. The lowest BCUT2D eigenvalue weighted by Crippen LogP contribution is -2.46. The molecule has 0 radical (unpaired) electrons. The molecule has 1 aromatic carbocycles. The largest absolute Gasteiger partial charge is 0.469 e. The summed E-state index contributed by atoms with van der Waals surface area (Å²) in [4.78, 5) is 17.0. The molecule has 1 aromatic heterocycles. The van der Waals surface area contributed by atoms with Gasteiger partial charge in [0, 0.05) is 50.4 Å². The van der Waals surface area contributed by atoms with Gasteiger partial charge in [-0.1, -0.05) is 6.92 Å². The number of hydrogen-bond donors (Lipinski definition) is 1. The molecule has 2 heterocycles. The number of carbonyl (C=O) groups is 1. The fraction of sp³-hybridized carbons (Fsp3) is 0.450. The molecular formula is C20H27N3O2. The predicted octanol–water partition coefficient (Wildman–Crippen LogP) is 3.30. The SMILES string of the molecule is CCN1CCN(c2ccc(NC(=O)CCc3ccco3)c(C)c2)CC1. The van der Waals surface area contributed by atoms with E-state index in [1.807, 2.05) is 25.1 Å². The third kappa shape index (κ3) is 4.63. The number of aryl methyl sites for hydroxylation is 2. The van der Waals surface area contributed by atoms with Crippen molar-refractivity contribution in [1.82, 2.24) is 4.90 Å². The second-order valence-electron chi connectivity index (χ2n) is 6.55. The fourth-order valence-corrected chi connectivity index (χ4v) is 3.21. The van der Waals surface area contributed by atoms with Gasteiger partial charge in [-0.15, -0.1) is 0 Å². The van der Waals surface area contributed by atoms with Crippen LogP contribution >= 0.6 is 0 Å². The van der Waals surface area contributed by atoms with Crippen molar-refractivity contribution < 1.29 is 9.21 Å². The molecule has 0 bridgehead atoms. The molecule has 1 amide bonds. The molecule has 0 atom stereocenters. The highest BCUT2D eigenvalue weighted by molar-refractivity contribution is 5.91. The number of anilines is 2. The van der Waals surface area contributed by atoms with Gasteiger partial charge in [-0.25, -0.2) is 0 Å². The van der Waals surface area contributed by atoms with E-state index in [9.17, 15) is 4.79 Å². The molecule has 134 valence electrons. The molecule has 1 aliphatic rings. The van der Waals surface area contributed by atoms with Crippen LogP contribution in [0.4, 0.5) is 11.4 Å². The van der Waals surface area contributed by atoms with Crippen LogP contribution in [0.1, 0.15) is 24.7 Å². The molecule has 2 aromatic rings. The monoisotopic (exact) mass is 341 g/mol. The Labute approximate surface area is 149 Å². The van der Waals surface area contributed by atoms with Crippen molar-refractivity contribution in [3.8, 4) is 0 Å². The van der Waals surface area contributed by atoms with Crippen molar-refractivity contribution in [1.29, 1.82) is 0 Å². The zero-order valence-electron chi connectivity index (χ0n) is 15.1. The number of piperazine rings is 1. The first-order chi connectivity index (χ1) is 12.2. The number of carbonyl (C=O) groups excluding carboxylic acids is 1. The van der Waals surface area contributed by atoms with Crippen LogP contribution < -0.4 is 10.2 Å². The van der Waals surface area contributed by atoms with Crippen LogP contribution in [0.2, 0.25) is 0 Å². The molecule has 1 N–H and O–H groups in total. The van der Waals surface area contributed by atoms with Crippen LogP contribution in [-0.4, -0.2) is 43.5 Å². The number of nitrogens with one attached hydrogen (secondary N) is 1. The number of nitrogens with zero attached hydrogens (tertiary/aromatic N) is 2. The quantitative estimate of drug-likeness (QED) is 0.876. The van der Waals surface area contributed by atoms with Crippen molar-refractivity contribution in [2.45, 2.75) is 26.7 Å². The molecule has 0 saturated carbocycles. The van der Waals surface area contributed by atoms with Crippen LogP contribution in [0.3, 0.4) is 0 Å². The smallest absolute Gasteiger partial charge is 0.224 e. The minimum Gasteiger partial charge on any atom is -0.469 e. The molecule has 0 spiro atoms. The summed E-state index contributed by atoms with van der Waals surface area (Å²) < 4.78 is 5.27. The molecule has 1 aliphatic heterocycles. The second-order valence-corrected chi connectivity index (χ2v) is 6.55. The number of benzene rings is 1. The summed E-state index contributed by atoms with van der Waals surface area (Å²) in [6.07, 6.45) is 2.68. The van der Waals surface area contributed by atoms with E-state index in [1.165, 1.54) is 5.69 Å². The summed E-state index contributed by atoms with van der Waals surface area (Å²) in [5, 5.41) is 3.01. The maximum Gasteiger partial charge on any atom is 0.224 e. The third-order valence-corrected chi connectivity index (χ3v) is 4.85. The van der Waals surface area contributed by atoms with Gasteiger partial charge in [-0.3, -0.25) is 4.79 Å². The van der Waals surface area contributed by atoms with Gasteiger partial charge < -0.3 is 19.5 Å². The van der Waals surface area contributed by atoms with E-state index in [4.69, 9.17) is 4.42 Å². The van der Waals surface area contributed by atoms with Gasteiger partial charge in [0.05, 0.1) is 6.26 Å². The van der Waals surface area contributed by atoms with Gasteiger partial charge in [0.25, 0.3) is 0 Å². The fourth-order valence-electron chi connectivity index (χ4n) is 3.21. The Morgan fingerprint density at radius 1 is 1.20 bits per heavy atom. The molecule has 1 fully saturated rings. The molecule has 0 unspecified atom stereocenters. The maximum atomic E-state index is 12.1. The highest BCUT2D eigenvalue weighted by Crippen LogP contribution is 2.24. The lowest BCUT2D eigenvalue weighted by Gasteiger charge is -2.35. The van der Waals surface area contributed by atoms with Crippen molar-refractivity contribution in [3.05, 3.63) is 47.9 Å². The van der Waals surface area contributed by atoms with Crippen LogP contribution in [0.25, 0.3) is 0 Å². The maximum absolute atomic E-state index is 12.1. The van der Waals surface area contributed by atoms with Gasteiger partial charge >= 0.3 is 0 Å². The zero-order chi connectivity index (χ0) is 17.6. The number of hydrogen-bond acceptors (Lipinski definition) is 4. The summed E-state index contributed by atoms with van der Waals surface area (Å²) >= 11 is 0. The van der Waals surface area contributed by atoms with Crippen LogP contribution in [0.5, 0.6) is 0 Å². The van der Waals surface area contributed by atoms with E-state index in [1.54, 1.807) is 6.26 Å². The van der Waals surface area contributed by atoms with Gasteiger partial charge in [0.1, 0.15) is 5.76 Å². The minimum absolute atomic E-state index is 0.0174. The Bertz CT molecular complexity index is 689. The lowest BCUT2D eigenvalue weighted by atomic mass is 10.1. The zero-order valence-corrected chi connectivity index (χ0v) is 15.1. The van der Waals surface area contributed by atoms with Crippen molar-refractivity contribution >= 4 is 17.3 Å². The molecule has 5 nitrogen and oxygen atoms in total. The Kier molecular flexibility index (Phi) is 5.76. The van der Waals surface area contributed by atoms with E-state index in [2.05, 4.69) is 34.2 Å². The molecule has 25 heavy (non-hydrogen) atoms. The van der Waals surface area contributed by atoms with Gasteiger partial charge in [-0.2, -0.15) is 0 Å². The van der Waals surface area contributed by atoms with Crippen molar-refractivity contribution in [2.24, 2.45) is 0 Å². The average Bonchev–Trinajstić information content (AvgIpc) is 3.15. The molecule has 0 aliphatic carbocycles. The van der Waals surface area contributed by atoms with E-state index < -0.39 is 0 Å².